The Morgan fingerprint density at radius 3 is 2.20 bits per heavy atom. The number of carbonyl (C=O) groups excluding carboxylic acids is 2. The van der Waals surface area contributed by atoms with Crippen LogP contribution in [0.2, 0.25) is 0 Å². The SMILES string of the molecule is COC(=O)C(CC(C)C)NC(=O)CCCCCCCCCCn1c(=O)c2c(ncn2C)n(C)c1=O. The number of carbonyl (C=O) groups is 2. The summed E-state index contributed by atoms with van der Waals surface area (Å²) in [6.07, 6.45) is 10.3. The lowest BCUT2D eigenvalue weighted by Crippen LogP contribution is -2.42. The first-order valence-electron chi connectivity index (χ1n) is 12.6. The Balaban J connectivity index is 1.61. The quantitative estimate of drug-likeness (QED) is 0.302. The van der Waals surface area contributed by atoms with E-state index in [2.05, 4.69) is 10.3 Å². The summed E-state index contributed by atoms with van der Waals surface area (Å²) in [7, 11) is 4.73. The first-order chi connectivity index (χ1) is 16.7. The lowest BCUT2D eigenvalue weighted by molar-refractivity contribution is -0.145. The molecule has 35 heavy (non-hydrogen) atoms. The van der Waals surface area contributed by atoms with Crippen LogP contribution in [0, 0.1) is 5.92 Å². The number of esters is 1. The molecule has 2 aromatic heterocycles. The van der Waals surface area contributed by atoms with Crippen molar-refractivity contribution < 1.29 is 14.3 Å². The molecule has 0 bridgehead atoms. The van der Waals surface area contributed by atoms with Crippen molar-refractivity contribution in [2.24, 2.45) is 20.0 Å². The minimum absolute atomic E-state index is 0.105. The van der Waals surface area contributed by atoms with Crippen LogP contribution in [0.3, 0.4) is 0 Å². The lowest BCUT2D eigenvalue weighted by Gasteiger charge is -2.18. The molecule has 1 N–H and O–H groups in total. The van der Waals surface area contributed by atoms with Crippen LogP contribution in [0.1, 0.15) is 78.1 Å². The van der Waals surface area contributed by atoms with Crippen molar-refractivity contribution >= 4 is 23.0 Å². The van der Waals surface area contributed by atoms with Crippen LogP contribution in [-0.4, -0.2) is 43.7 Å². The molecule has 10 nitrogen and oxygen atoms in total. The highest BCUT2D eigenvalue weighted by Gasteiger charge is 2.22. The van der Waals surface area contributed by atoms with Crippen LogP contribution in [-0.2, 0) is 35.0 Å². The molecule has 2 aromatic rings. The van der Waals surface area contributed by atoms with Crippen LogP contribution < -0.4 is 16.6 Å². The van der Waals surface area contributed by atoms with E-state index in [1.807, 2.05) is 13.8 Å². The maximum Gasteiger partial charge on any atom is 0.332 e. The molecular weight excluding hydrogens is 450 g/mol. The molecule has 0 radical (unpaired) electrons. The van der Waals surface area contributed by atoms with E-state index < -0.39 is 12.0 Å². The number of nitrogens with zero attached hydrogens (tertiary/aromatic N) is 4. The van der Waals surface area contributed by atoms with Crippen molar-refractivity contribution in [2.45, 2.75) is 90.6 Å². The molecule has 0 saturated heterocycles. The largest absolute Gasteiger partial charge is 0.467 e. The van der Waals surface area contributed by atoms with Gasteiger partial charge in [0.05, 0.1) is 13.4 Å². The monoisotopic (exact) mass is 491 g/mol. The highest BCUT2D eigenvalue weighted by molar-refractivity contribution is 5.84. The summed E-state index contributed by atoms with van der Waals surface area (Å²) in [5.74, 6) is -0.211. The number of rotatable bonds is 15. The van der Waals surface area contributed by atoms with Crippen molar-refractivity contribution in [3.8, 4) is 0 Å². The third kappa shape index (κ3) is 8.07. The van der Waals surface area contributed by atoms with Gasteiger partial charge in [-0.3, -0.25) is 18.7 Å². The van der Waals surface area contributed by atoms with E-state index in [4.69, 9.17) is 4.74 Å². The van der Waals surface area contributed by atoms with Gasteiger partial charge in [-0.1, -0.05) is 52.4 Å². The second-order valence-electron chi connectivity index (χ2n) is 9.68. The van der Waals surface area contributed by atoms with E-state index >= 15 is 0 Å². The number of amides is 1. The molecule has 1 atom stereocenters. The average molecular weight is 492 g/mol. The van der Waals surface area contributed by atoms with Crippen molar-refractivity contribution in [3.05, 3.63) is 27.2 Å². The molecule has 10 heteroatoms. The second kappa shape index (κ2) is 13.8. The minimum atomic E-state index is -0.574. The molecule has 0 aromatic carbocycles. The smallest absolute Gasteiger partial charge is 0.332 e. The Hall–Kier alpha value is -2.91. The summed E-state index contributed by atoms with van der Waals surface area (Å²) in [5.41, 5.74) is 0.248. The Kier molecular flexibility index (Phi) is 11.2. The summed E-state index contributed by atoms with van der Waals surface area (Å²) in [6.45, 7) is 4.42. The fourth-order valence-corrected chi connectivity index (χ4v) is 4.30. The van der Waals surface area contributed by atoms with E-state index in [-0.39, 0.29) is 23.1 Å². The van der Waals surface area contributed by atoms with Gasteiger partial charge in [0.1, 0.15) is 6.04 Å². The van der Waals surface area contributed by atoms with Crippen LogP contribution in [0.25, 0.3) is 11.2 Å². The number of nitrogens with one attached hydrogen (secondary N) is 1. The first kappa shape index (κ1) is 28.3. The Labute approximate surface area is 206 Å². The summed E-state index contributed by atoms with van der Waals surface area (Å²) in [4.78, 5) is 53.3. The van der Waals surface area contributed by atoms with Gasteiger partial charge in [-0.2, -0.15) is 0 Å². The molecule has 0 aliphatic carbocycles. The van der Waals surface area contributed by atoms with Gasteiger partial charge in [0, 0.05) is 27.1 Å². The maximum absolute atomic E-state index is 12.7. The van der Waals surface area contributed by atoms with Gasteiger partial charge in [0.25, 0.3) is 5.56 Å². The van der Waals surface area contributed by atoms with Crippen LogP contribution in [0.5, 0.6) is 0 Å². The predicted octanol–water partition coefficient (Wildman–Crippen LogP) is 2.65. The number of fused-ring (bicyclic) bond motifs is 1. The molecule has 0 aliphatic rings. The predicted molar refractivity (Wildman–Crippen MR) is 135 cm³/mol. The lowest BCUT2D eigenvalue weighted by atomic mass is 10.0. The van der Waals surface area contributed by atoms with Crippen molar-refractivity contribution in [3.63, 3.8) is 0 Å². The third-order valence-corrected chi connectivity index (χ3v) is 6.26. The van der Waals surface area contributed by atoms with Gasteiger partial charge in [-0.25, -0.2) is 14.6 Å². The number of methoxy groups -OCH3 is 1. The molecule has 0 aliphatic heterocycles. The standard InChI is InChI=1S/C25H41N5O5/c1-18(2)16-19(24(33)35-5)27-20(31)14-12-10-8-6-7-9-11-13-15-30-23(32)21-22(26-17-28(21)3)29(4)25(30)34/h17-19H,6-16H2,1-5H3,(H,27,31). The highest BCUT2D eigenvalue weighted by atomic mass is 16.5. The van der Waals surface area contributed by atoms with Gasteiger partial charge < -0.3 is 14.6 Å². The van der Waals surface area contributed by atoms with E-state index in [1.54, 1.807) is 25.0 Å². The van der Waals surface area contributed by atoms with Gasteiger partial charge in [-0.05, 0) is 25.2 Å². The number of unbranched alkanes of at least 4 members (excludes halogenated alkanes) is 7. The van der Waals surface area contributed by atoms with Gasteiger partial charge in [-0.15, -0.1) is 0 Å². The number of imidazole rings is 1. The molecule has 196 valence electrons. The van der Waals surface area contributed by atoms with E-state index in [9.17, 15) is 19.2 Å². The molecule has 0 saturated carbocycles. The third-order valence-electron chi connectivity index (χ3n) is 6.26. The van der Waals surface area contributed by atoms with Crippen LogP contribution >= 0.6 is 0 Å². The van der Waals surface area contributed by atoms with E-state index in [0.717, 1.165) is 51.4 Å². The van der Waals surface area contributed by atoms with Gasteiger partial charge >= 0.3 is 11.7 Å². The Morgan fingerprint density at radius 2 is 1.60 bits per heavy atom. The molecule has 0 spiro atoms. The normalized spacial score (nSPS) is 12.3. The molecular formula is C25H41N5O5. The minimum Gasteiger partial charge on any atom is -0.467 e. The number of ether oxygens (including phenoxy) is 1. The van der Waals surface area contributed by atoms with Crippen molar-refractivity contribution in [2.75, 3.05) is 7.11 Å². The molecule has 0 fully saturated rings. The number of aryl methyl sites for hydroxylation is 2. The molecule has 1 amide bonds. The summed E-state index contributed by atoms with van der Waals surface area (Å²) in [5, 5.41) is 2.79. The molecule has 1 unspecified atom stereocenters. The molecule has 2 heterocycles. The zero-order valence-electron chi connectivity index (χ0n) is 21.8. The average Bonchev–Trinajstić information content (AvgIpc) is 3.21. The van der Waals surface area contributed by atoms with Crippen LogP contribution in [0.4, 0.5) is 0 Å². The topological polar surface area (TPSA) is 117 Å². The Morgan fingerprint density at radius 1 is 1.00 bits per heavy atom. The molecule has 2 rings (SSSR count). The maximum atomic E-state index is 12.7. The summed E-state index contributed by atoms with van der Waals surface area (Å²) in [6, 6.07) is -0.574. The fourth-order valence-electron chi connectivity index (χ4n) is 4.30. The highest BCUT2D eigenvalue weighted by Crippen LogP contribution is 2.11. The summed E-state index contributed by atoms with van der Waals surface area (Å²) >= 11 is 0. The number of aromatic nitrogens is 4. The Bertz CT molecular complexity index is 1100. The second-order valence-corrected chi connectivity index (χ2v) is 9.68. The first-order valence-corrected chi connectivity index (χ1v) is 12.6. The van der Waals surface area contributed by atoms with Gasteiger partial charge in [0.15, 0.2) is 11.2 Å². The summed E-state index contributed by atoms with van der Waals surface area (Å²) < 4.78 is 9.17. The van der Waals surface area contributed by atoms with Gasteiger partial charge in [0.2, 0.25) is 5.91 Å². The number of hydrogen-bond acceptors (Lipinski definition) is 6. The van der Waals surface area contributed by atoms with E-state index in [0.29, 0.717) is 30.6 Å². The van der Waals surface area contributed by atoms with Crippen molar-refractivity contribution in [1.82, 2.24) is 24.0 Å². The fraction of sp³-hybridized carbons (Fsp3) is 0.720. The number of hydrogen-bond donors (Lipinski definition) is 1. The zero-order valence-corrected chi connectivity index (χ0v) is 21.8. The van der Waals surface area contributed by atoms with E-state index in [1.165, 1.54) is 16.2 Å². The van der Waals surface area contributed by atoms with Crippen molar-refractivity contribution in [1.29, 1.82) is 0 Å². The van der Waals surface area contributed by atoms with Crippen LogP contribution in [0.15, 0.2) is 15.9 Å². The zero-order chi connectivity index (χ0) is 26.0.